The summed E-state index contributed by atoms with van der Waals surface area (Å²) in [7, 11) is 1.73. The Labute approximate surface area is 147 Å². The standard InChI is InChI=1S/C16H17F2N5OS/c1-4-8(2)23-14-12(15(24)20-16(23)25)9(13(17)18)7-11(19-14)10-5-6-22(3)21-10/h5-8,13H,4H2,1-3H3,(H,20,24,25). The van der Waals surface area contributed by atoms with Crippen molar-refractivity contribution in [2.45, 2.75) is 32.7 Å². The molecule has 0 fully saturated rings. The summed E-state index contributed by atoms with van der Waals surface area (Å²) in [6.45, 7) is 3.84. The van der Waals surface area contributed by atoms with Crippen LogP contribution in [0.5, 0.6) is 0 Å². The molecule has 1 N–H and O–H groups in total. The van der Waals surface area contributed by atoms with Gasteiger partial charge in [-0.05, 0) is 37.7 Å². The fraction of sp³-hybridized carbons (Fsp3) is 0.375. The molecule has 0 aliphatic heterocycles. The van der Waals surface area contributed by atoms with Gasteiger partial charge in [0.05, 0.1) is 11.1 Å². The van der Waals surface area contributed by atoms with E-state index in [1.165, 1.54) is 6.07 Å². The molecule has 0 bridgehead atoms. The summed E-state index contributed by atoms with van der Waals surface area (Å²) < 4.78 is 30.6. The van der Waals surface area contributed by atoms with Crippen LogP contribution in [0.4, 0.5) is 8.78 Å². The number of hydrogen-bond donors (Lipinski definition) is 1. The van der Waals surface area contributed by atoms with Crippen LogP contribution in [0.1, 0.15) is 38.3 Å². The third kappa shape index (κ3) is 2.99. The molecule has 0 saturated heterocycles. The van der Waals surface area contributed by atoms with Crippen molar-refractivity contribution in [1.82, 2.24) is 24.3 Å². The van der Waals surface area contributed by atoms with Crippen LogP contribution >= 0.6 is 12.2 Å². The molecule has 1 atom stereocenters. The molecule has 3 aromatic rings. The van der Waals surface area contributed by atoms with Crippen molar-refractivity contribution < 1.29 is 8.78 Å². The number of H-pyrrole nitrogens is 1. The van der Waals surface area contributed by atoms with Gasteiger partial charge in [0, 0.05) is 24.8 Å². The number of aromatic nitrogens is 5. The van der Waals surface area contributed by atoms with E-state index in [-0.39, 0.29) is 33.1 Å². The van der Waals surface area contributed by atoms with Crippen LogP contribution in [0.15, 0.2) is 23.1 Å². The summed E-state index contributed by atoms with van der Waals surface area (Å²) in [5.41, 5.74) is -0.149. The zero-order chi connectivity index (χ0) is 18.3. The first-order chi connectivity index (χ1) is 11.8. The normalized spacial score (nSPS) is 12.9. The van der Waals surface area contributed by atoms with Gasteiger partial charge in [-0.25, -0.2) is 13.8 Å². The Kier molecular flexibility index (Phi) is 4.51. The smallest absolute Gasteiger partial charge is 0.264 e. The van der Waals surface area contributed by atoms with Gasteiger partial charge >= 0.3 is 0 Å². The van der Waals surface area contributed by atoms with Gasteiger partial charge in [0.2, 0.25) is 0 Å². The molecular formula is C16H17F2N5OS. The third-order valence-electron chi connectivity index (χ3n) is 4.17. The zero-order valence-electron chi connectivity index (χ0n) is 14.0. The number of alkyl halides is 2. The van der Waals surface area contributed by atoms with Gasteiger partial charge in [-0.15, -0.1) is 0 Å². The molecule has 0 amide bonds. The Balaban J connectivity index is 2.47. The second-order valence-corrected chi connectivity index (χ2v) is 6.24. The van der Waals surface area contributed by atoms with Crippen LogP contribution in [-0.4, -0.2) is 24.3 Å². The Bertz CT molecular complexity index is 1050. The summed E-state index contributed by atoms with van der Waals surface area (Å²) in [5, 5.41) is 4.08. The summed E-state index contributed by atoms with van der Waals surface area (Å²) in [6, 6.07) is 2.79. The molecule has 3 heterocycles. The molecule has 6 nitrogen and oxygen atoms in total. The van der Waals surface area contributed by atoms with Gasteiger partial charge in [0.1, 0.15) is 11.3 Å². The van der Waals surface area contributed by atoms with Gasteiger partial charge < -0.3 is 0 Å². The predicted octanol–water partition coefficient (Wildman–Crippen LogP) is 3.76. The second-order valence-electron chi connectivity index (χ2n) is 5.86. The average Bonchev–Trinajstić information content (AvgIpc) is 2.99. The molecule has 3 rings (SSSR count). The number of nitrogens with one attached hydrogen (secondary N) is 1. The minimum atomic E-state index is -2.82. The Hall–Kier alpha value is -2.42. The second kappa shape index (κ2) is 6.47. The largest absolute Gasteiger partial charge is 0.300 e. The lowest BCUT2D eigenvalue weighted by Gasteiger charge is -2.18. The van der Waals surface area contributed by atoms with Crippen molar-refractivity contribution in [2.24, 2.45) is 7.05 Å². The highest BCUT2D eigenvalue weighted by Gasteiger charge is 2.22. The SMILES string of the molecule is CCC(C)n1c(=S)[nH]c(=O)c2c(C(F)F)cc(-c3ccn(C)n3)nc21. The first kappa shape index (κ1) is 17.4. The van der Waals surface area contributed by atoms with Crippen molar-refractivity contribution in [1.29, 1.82) is 0 Å². The minimum absolute atomic E-state index is 0.108. The first-order valence-electron chi connectivity index (χ1n) is 7.81. The van der Waals surface area contributed by atoms with E-state index < -0.39 is 12.0 Å². The van der Waals surface area contributed by atoms with E-state index >= 15 is 0 Å². The van der Waals surface area contributed by atoms with Gasteiger partial charge in [0.15, 0.2) is 4.77 Å². The molecule has 1 unspecified atom stereocenters. The van der Waals surface area contributed by atoms with Crippen LogP contribution in [0.2, 0.25) is 0 Å². The lowest BCUT2D eigenvalue weighted by atomic mass is 10.1. The summed E-state index contributed by atoms with van der Waals surface area (Å²) in [5.74, 6) is 0. The average molecular weight is 365 g/mol. The number of fused-ring (bicyclic) bond motifs is 1. The van der Waals surface area contributed by atoms with E-state index in [9.17, 15) is 13.6 Å². The molecule has 0 aliphatic rings. The summed E-state index contributed by atoms with van der Waals surface area (Å²) in [6.07, 6.45) is -0.424. The molecule has 0 spiro atoms. The fourth-order valence-corrected chi connectivity index (χ4v) is 3.08. The molecular weight excluding hydrogens is 348 g/mol. The molecule has 0 aliphatic carbocycles. The Morgan fingerprint density at radius 2 is 2.08 bits per heavy atom. The number of rotatable bonds is 4. The van der Waals surface area contributed by atoms with Crippen LogP contribution in [-0.2, 0) is 7.05 Å². The van der Waals surface area contributed by atoms with E-state index in [2.05, 4.69) is 15.1 Å². The Morgan fingerprint density at radius 1 is 1.36 bits per heavy atom. The van der Waals surface area contributed by atoms with Crippen LogP contribution in [0.25, 0.3) is 22.4 Å². The first-order valence-corrected chi connectivity index (χ1v) is 8.22. The van der Waals surface area contributed by atoms with Gasteiger partial charge in [-0.1, -0.05) is 6.92 Å². The lowest BCUT2D eigenvalue weighted by Crippen LogP contribution is -2.20. The number of pyridine rings is 1. The van der Waals surface area contributed by atoms with Crippen molar-refractivity contribution in [3.8, 4) is 11.4 Å². The highest BCUT2D eigenvalue weighted by atomic mass is 32.1. The predicted molar refractivity (Wildman–Crippen MR) is 93.3 cm³/mol. The highest BCUT2D eigenvalue weighted by Crippen LogP contribution is 2.30. The third-order valence-corrected chi connectivity index (χ3v) is 4.47. The van der Waals surface area contributed by atoms with Crippen molar-refractivity contribution in [2.75, 3.05) is 0 Å². The molecule has 0 radical (unpaired) electrons. The van der Waals surface area contributed by atoms with Crippen LogP contribution in [0, 0.1) is 4.77 Å². The van der Waals surface area contributed by atoms with E-state index in [4.69, 9.17) is 12.2 Å². The van der Waals surface area contributed by atoms with E-state index in [1.54, 1.807) is 28.6 Å². The number of hydrogen-bond acceptors (Lipinski definition) is 4. The van der Waals surface area contributed by atoms with Gasteiger partial charge in [-0.3, -0.25) is 19.0 Å². The molecule has 132 valence electrons. The number of aromatic amines is 1. The van der Waals surface area contributed by atoms with Crippen LogP contribution < -0.4 is 5.56 Å². The van der Waals surface area contributed by atoms with E-state index in [0.717, 1.165) is 0 Å². The highest BCUT2D eigenvalue weighted by molar-refractivity contribution is 7.71. The molecule has 9 heteroatoms. The maximum absolute atomic E-state index is 13.7. The number of aryl methyl sites for hydroxylation is 1. The lowest BCUT2D eigenvalue weighted by molar-refractivity contribution is 0.153. The zero-order valence-corrected chi connectivity index (χ0v) is 14.8. The summed E-state index contributed by atoms with van der Waals surface area (Å²) in [4.78, 5) is 19.3. The monoisotopic (exact) mass is 365 g/mol. The quantitative estimate of drug-likeness (QED) is 0.715. The molecule has 0 saturated carbocycles. The fourth-order valence-electron chi connectivity index (χ4n) is 2.72. The van der Waals surface area contributed by atoms with Crippen molar-refractivity contribution >= 4 is 23.3 Å². The van der Waals surface area contributed by atoms with Crippen molar-refractivity contribution in [3.05, 3.63) is 39.0 Å². The molecule has 0 aromatic carbocycles. The van der Waals surface area contributed by atoms with Crippen molar-refractivity contribution in [3.63, 3.8) is 0 Å². The molecule has 3 aromatic heterocycles. The minimum Gasteiger partial charge on any atom is -0.300 e. The van der Waals surface area contributed by atoms with Gasteiger partial charge in [-0.2, -0.15) is 5.10 Å². The number of nitrogens with zero attached hydrogens (tertiary/aromatic N) is 4. The van der Waals surface area contributed by atoms with Crippen LogP contribution in [0.3, 0.4) is 0 Å². The molecule has 25 heavy (non-hydrogen) atoms. The number of halogens is 2. The summed E-state index contributed by atoms with van der Waals surface area (Å²) >= 11 is 5.24. The van der Waals surface area contributed by atoms with E-state index in [1.807, 2.05) is 13.8 Å². The maximum atomic E-state index is 13.7. The topological polar surface area (TPSA) is 68.5 Å². The Morgan fingerprint density at radius 3 is 2.64 bits per heavy atom. The van der Waals surface area contributed by atoms with Gasteiger partial charge in [0.25, 0.3) is 12.0 Å². The maximum Gasteiger partial charge on any atom is 0.264 e. The van der Waals surface area contributed by atoms with E-state index in [0.29, 0.717) is 12.1 Å².